The standard InChI is InChI=1S/C19H15F2NO3/c20-10-1-3-12-9(5-10)7-24-8-14(12)22-19(23)17-16-13-6-11(21)2-4-15(13)25-18(16)17/h1-6,14,16-18H,7-8H2,(H,22,23). The van der Waals surface area contributed by atoms with E-state index in [1.165, 1.54) is 24.3 Å². The lowest BCUT2D eigenvalue weighted by molar-refractivity contribution is -0.124. The number of nitrogens with one attached hydrogen (secondary N) is 1. The third-order valence-corrected chi connectivity index (χ3v) is 5.19. The van der Waals surface area contributed by atoms with E-state index in [4.69, 9.17) is 9.47 Å². The van der Waals surface area contributed by atoms with E-state index in [9.17, 15) is 13.6 Å². The molecular weight excluding hydrogens is 328 g/mol. The molecular formula is C19H15F2NO3. The van der Waals surface area contributed by atoms with Gasteiger partial charge in [0.25, 0.3) is 0 Å². The van der Waals surface area contributed by atoms with Crippen molar-refractivity contribution >= 4 is 5.91 Å². The van der Waals surface area contributed by atoms with Crippen molar-refractivity contribution in [2.45, 2.75) is 24.7 Å². The Kier molecular flexibility index (Phi) is 3.12. The SMILES string of the molecule is O=C(NC1COCc2cc(F)ccc21)C1C2Oc3ccc(F)cc3C21. The Hall–Kier alpha value is -2.47. The molecule has 4 atom stereocenters. The molecule has 2 aromatic carbocycles. The zero-order chi connectivity index (χ0) is 17.1. The topological polar surface area (TPSA) is 47.6 Å². The van der Waals surface area contributed by atoms with Gasteiger partial charge in [0.2, 0.25) is 5.91 Å². The predicted molar refractivity (Wildman–Crippen MR) is 84.0 cm³/mol. The number of carbonyl (C=O) groups is 1. The van der Waals surface area contributed by atoms with Crippen LogP contribution in [0.5, 0.6) is 5.75 Å². The normalized spacial score (nSPS) is 28.4. The van der Waals surface area contributed by atoms with Gasteiger partial charge in [0, 0.05) is 11.5 Å². The van der Waals surface area contributed by atoms with Crippen LogP contribution in [-0.2, 0) is 16.1 Å². The lowest BCUT2D eigenvalue weighted by Gasteiger charge is -2.27. The average molecular weight is 343 g/mol. The second kappa shape index (κ2) is 5.26. The molecule has 0 radical (unpaired) electrons. The number of hydrogen-bond acceptors (Lipinski definition) is 3. The van der Waals surface area contributed by atoms with Crippen LogP contribution in [0, 0.1) is 17.6 Å². The fraction of sp³-hybridized carbons (Fsp3) is 0.316. The van der Waals surface area contributed by atoms with Crippen LogP contribution < -0.4 is 10.1 Å². The molecule has 25 heavy (non-hydrogen) atoms. The Labute approximate surface area is 142 Å². The largest absolute Gasteiger partial charge is 0.489 e. The van der Waals surface area contributed by atoms with Crippen molar-refractivity contribution in [1.82, 2.24) is 5.32 Å². The highest BCUT2D eigenvalue weighted by Crippen LogP contribution is 2.58. The van der Waals surface area contributed by atoms with Crippen molar-refractivity contribution in [1.29, 1.82) is 0 Å². The molecule has 5 rings (SSSR count). The first-order valence-electron chi connectivity index (χ1n) is 8.24. The monoisotopic (exact) mass is 343 g/mol. The smallest absolute Gasteiger partial charge is 0.228 e. The summed E-state index contributed by atoms with van der Waals surface area (Å²) in [6.07, 6.45) is -0.228. The summed E-state index contributed by atoms with van der Waals surface area (Å²) in [5.41, 5.74) is 2.38. The number of amides is 1. The van der Waals surface area contributed by atoms with E-state index in [1.54, 1.807) is 12.1 Å². The van der Waals surface area contributed by atoms with E-state index >= 15 is 0 Å². The molecule has 1 saturated carbocycles. The van der Waals surface area contributed by atoms with Crippen molar-refractivity contribution in [3.63, 3.8) is 0 Å². The number of carbonyl (C=O) groups excluding carboxylic acids is 1. The molecule has 1 N–H and O–H groups in total. The highest BCUT2D eigenvalue weighted by Gasteiger charge is 2.62. The summed E-state index contributed by atoms with van der Waals surface area (Å²) in [6, 6.07) is 8.59. The van der Waals surface area contributed by atoms with E-state index in [1.807, 2.05) is 0 Å². The highest BCUT2D eigenvalue weighted by atomic mass is 19.1. The van der Waals surface area contributed by atoms with Crippen molar-refractivity contribution < 1.29 is 23.0 Å². The van der Waals surface area contributed by atoms with Crippen molar-refractivity contribution in [3.8, 4) is 5.75 Å². The fourth-order valence-corrected chi connectivity index (χ4v) is 3.95. The van der Waals surface area contributed by atoms with Crippen LogP contribution in [-0.4, -0.2) is 18.6 Å². The molecule has 1 fully saturated rings. The minimum atomic E-state index is -0.328. The maximum atomic E-state index is 13.4. The van der Waals surface area contributed by atoms with E-state index in [0.29, 0.717) is 19.0 Å². The summed E-state index contributed by atoms with van der Waals surface area (Å²) < 4.78 is 38.0. The zero-order valence-electron chi connectivity index (χ0n) is 13.2. The van der Waals surface area contributed by atoms with Crippen molar-refractivity contribution in [2.24, 2.45) is 5.92 Å². The molecule has 0 spiro atoms. The van der Waals surface area contributed by atoms with Crippen molar-refractivity contribution in [2.75, 3.05) is 6.61 Å². The van der Waals surface area contributed by atoms with Crippen LogP contribution in [0.3, 0.4) is 0 Å². The van der Waals surface area contributed by atoms with Gasteiger partial charge in [-0.15, -0.1) is 0 Å². The molecule has 1 amide bonds. The molecule has 3 aliphatic rings. The molecule has 2 aliphatic heterocycles. The minimum Gasteiger partial charge on any atom is -0.489 e. The van der Waals surface area contributed by atoms with Gasteiger partial charge in [-0.1, -0.05) is 6.07 Å². The van der Waals surface area contributed by atoms with Gasteiger partial charge in [-0.05, 0) is 41.5 Å². The summed E-state index contributed by atoms with van der Waals surface area (Å²) in [5, 5.41) is 2.97. The number of hydrogen-bond donors (Lipinski definition) is 1. The van der Waals surface area contributed by atoms with Crippen LogP contribution >= 0.6 is 0 Å². The fourth-order valence-electron chi connectivity index (χ4n) is 3.95. The molecule has 4 nitrogen and oxygen atoms in total. The van der Waals surface area contributed by atoms with Gasteiger partial charge in [0.15, 0.2) is 0 Å². The predicted octanol–water partition coefficient (Wildman–Crippen LogP) is 2.83. The number of ether oxygens (including phenoxy) is 2. The quantitative estimate of drug-likeness (QED) is 0.912. The van der Waals surface area contributed by atoms with Gasteiger partial charge >= 0.3 is 0 Å². The van der Waals surface area contributed by atoms with Crippen LogP contribution in [0.25, 0.3) is 0 Å². The first kappa shape index (κ1) is 14.8. The van der Waals surface area contributed by atoms with Crippen LogP contribution in [0.1, 0.15) is 28.7 Å². The Morgan fingerprint density at radius 2 is 1.88 bits per heavy atom. The Morgan fingerprint density at radius 3 is 2.76 bits per heavy atom. The first-order chi connectivity index (χ1) is 12.1. The third-order valence-electron chi connectivity index (χ3n) is 5.19. The summed E-state index contributed by atoms with van der Waals surface area (Å²) in [4.78, 5) is 12.6. The maximum Gasteiger partial charge on any atom is 0.228 e. The van der Waals surface area contributed by atoms with E-state index in [2.05, 4.69) is 5.32 Å². The van der Waals surface area contributed by atoms with Crippen molar-refractivity contribution in [3.05, 3.63) is 64.7 Å². The lowest BCUT2D eigenvalue weighted by atomic mass is 9.98. The molecule has 128 valence electrons. The average Bonchev–Trinajstić information content (AvgIpc) is 3.19. The molecule has 0 aromatic heterocycles. The Balaban J connectivity index is 1.34. The molecule has 1 aliphatic carbocycles. The molecule has 0 bridgehead atoms. The number of benzene rings is 2. The van der Waals surface area contributed by atoms with Crippen LogP contribution in [0.15, 0.2) is 36.4 Å². The third kappa shape index (κ3) is 2.32. The lowest BCUT2D eigenvalue weighted by Crippen LogP contribution is -2.36. The van der Waals surface area contributed by atoms with E-state index < -0.39 is 0 Å². The molecule has 2 aromatic rings. The molecule has 2 heterocycles. The van der Waals surface area contributed by atoms with E-state index in [-0.39, 0.29) is 41.5 Å². The summed E-state index contributed by atoms with van der Waals surface area (Å²) >= 11 is 0. The summed E-state index contributed by atoms with van der Waals surface area (Å²) in [7, 11) is 0. The second-order valence-corrected chi connectivity index (χ2v) is 6.74. The maximum absolute atomic E-state index is 13.4. The second-order valence-electron chi connectivity index (χ2n) is 6.74. The van der Waals surface area contributed by atoms with Gasteiger partial charge in [0.05, 0.1) is 25.2 Å². The van der Waals surface area contributed by atoms with Gasteiger partial charge in [-0.25, -0.2) is 8.78 Å². The van der Waals surface area contributed by atoms with Gasteiger partial charge < -0.3 is 14.8 Å². The zero-order valence-corrected chi connectivity index (χ0v) is 13.2. The summed E-state index contributed by atoms with van der Waals surface area (Å²) in [6.45, 7) is 0.683. The van der Waals surface area contributed by atoms with Gasteiger partial charge in [0.1, 0.15) is 23.5 Å². The molecule has 0 saturated heterocycles. The van der Waals surface area contributed by atoms with Crippen LogP contribution in [0.2, 0.25) is 0 Å². The molecule has 4 unspecified atom stereocenters. The molecule has 6 heteroatoms. The Bertz CT molecular complexity index is 885. The Morgan fingerprint density at radius 1 is 1.08 bits per heavy atom. The number of halogens is 2. The number of rotatable bonds is 2. The minimum absolute atomic E-state index is 0.0945. The highest BCUT2D eigenvalue weighted by molar-refractivity contribution is 5.86. The van der Waals surface area contributed by atoms with Gasteiger partial charge in [-0.3, -0.25) is 4.79 Å². The van der Waals surface area contributed by atoms with Gasteiger partial charge in [-0.2, -0.15) is 0 Å². The number of fused-ring (bicyclic) bond motifs is 4. The first-order valence-corrected chi connectivity index (χ1v) is 8.24. The summed E-state index contributed by atoms with van der Waals surface area (Å²) in [5.74, 6) is -0.551. The van der Waals surface area contributed by atoms with E-state index in [0.717, 1.165) is 16.7 Å². The van der Waals surface area contributed by atoms with Crippen LogP contribution in [0.4, 0.5) is 8.78 Å².